The average Bonchev–Trinajstić information content (AvgIpc) is 3.70. The van der Waals surface area contributed by atoms with Crippen molar-refractivity contribution < 1.29 is 0 Å². The zero-order chi connectivity index (χ0) is 42.7. The summed E-state index contributed by atoms with van der Waals surface area (Å²) in [6.07, 6.45) is 0. The van der Waals surface area contributed by atoms with Gasteiger partial charge in [-0.1, -0.05) is 109 Å². The van der Waals surface area contributed by atoms with E-state index in [1.165, 1.54) is 44.2 Å². The maximum atomic E-state index is 5.50. The van der Waals surface area contributed by atoms with E-state index in [9.17, 15) is 0 Å². The summed E-state index contributed by atoms with van der Waals surface area (Å²) < 4.78 is 0. The normalized spacial score (nSPS) is 18.8. The van der Waals surface area contributed by atoms with Crippen molar-refractivity contribution in [3.8, 4) is 33.6 Å². The van der Waals surface area contributed by atoms with Crippen LogP contribution >= 0.6 is 0 Å². The number of amidine groups is 2. The van der Waals surface area contributed by atoms with Crippen molar-refractivity contribution >= 4 is 34.1 Å². The highest BCUT2D eigenvalue weighted by molar-refractivity contribution is 6.10. The van der Waals surface area contributed by atoms with Crippen molar-refractivity contribution in [2.45, 2.75) is 96.8 Å². The molecule has 0 atom stereocenters. The lowest BCUT2D eigenvalue weighted by Gasteiger charge is -2.40. The summed E-state index contributed by atoms with van der Waals surface area (Å²) in [5.74, 6) is 3.77. The quantitative estimate of drug-likeness (QED) is 0.168. The summed E-state index contributed by atoms with van der Waals surface area (Å²) in [6.45, 7) is 22.1. The van der Waals surface area contributed by atoms with Gasteiger partial charge in [0, 0.05) is 11.1 Å². The molecule has 0 spiro atoms. The molecule has 2 aromatic heterocycles. The van der Waals surface area contributed by atoms with E-state index in [0.29, 0.717) is 0 Å². The van der Waals surface area contributed by atoms with E-state index in [2.05, 4.69) is 225 Å². The minimum absolute atomic E-state index is 0.251. The first kappa shape index (κ1) is 38.8. The Morgan fingerprint density at radius 2 is 0.918 bits per heavy atom. The fraction of sp³-hybridized carbons (Fsp3) is 0.273. The van der Waals surface area contributed by atoms with Crippen LogP contribution in [0.2, 0.25) is 0 Å². The van der Waals surface area contributed by atoms with Gasteiger partial charge in [-0.05, 0) is 150 Å². The average molecular weight is 799 g/mol. The van der Waals surface area contributed by atoms with Gasteiger partial charge < -0.3 is 9.80 Å². The molecule has 0 saturated heterocycles. The minimum atomic E-state index is -0.647. The Morgan fingerprint density at radius 3 is 1.44 bits per heavy atom. The second-order valence-corrected chi connectivity index (χ2v) is 19.1. The summed E-state index contributed by atoms with van der Waals surface area (Å²) >= 11 is 0. The molecule has 0 N–H and O–H groups in total. The highest BCUT2D eigenvalue weighted by atomic mass is 15.4. The van der Waals surface area contributed by atoms with Crippen LogP contribution in [0.3, 0.4) is 0 Å². The number of benzene rings is 5. The summed E-state index contributed by atoms with van der Waals surface area (Å²) in [4.78, 5) is 25.7. The summed E-state index contributed by atoms with van der Waals surface area (Å²) in [7, 11) is 0. The van der Waals surface area contributed by atoms with Gasteiger partial charge in [0.2, 0.25) is 0 Å². The molecular formula is C55H54N6. The number of anilines is 2. The minimum Gasteiger partial charge on any atom is -0.307 e. The first-order valence-electron chi connectivity index (χ1n) is 21.6. The van der Waals surface area contributed by atoms with Crippen LogP contribution in [0.4, 0.5) is 11.6 Å². The molecule has 6 heteroatoms. The number of aromatic nitrogens is 2. The number of hydrogen-bond acceptors (Lipinski definition) is 6. The monoisotopic (exact) mass is 798 g/mol. The second-order valence-electron chi connectivity index (χ2n) is 19.1. The Balaban J connectivity index is 1.23. The van der Waals surface area contributed by atoms with Crippen LogP contribution in [0.25, 0.3) is 44.4 Å². The first-order valence-corrected chi connectivity index (χ1v) is 21.6. The largest absolute Gasteiger partial charge is 0.307 e. The van der Waals surface area contributed by atoms with E-state index >= 15 is 0 Å². The van der Waals surface area contributed by atoms with Gasteiger partial charge in [0.25, 0.3) is 0 Å². The topological polar surface area (TPSA) is 57.0 Å². The zero-order valence-electron chi connectivity index (χ0n) is 37.0. The lowest BCUT2D eigenvalue weighted by Crippen LogP contribution is -2.53. The van der Waals surface area contributed by atoms with E-state index < -0.39 is 5.41 Å². The lowest BCUT2D eigenvalue weighted by molar-refractivity contribution is 0.337. The van der Waals surface area contributed by atoms with Crippen LogP contribution in [-0.2, 0) is 5.41 Å². The third-order valence-electron chi connectivity index (χ3n) is 14.7. The molecule has 6 nitrogen and oxygen atoms in total. The van der Waals surface area contributed by atoms with Gasteiger partial charge in [-0.2, -0.15) is 0 Å². The molecule has 2 aliphatic heterocycles. The van der Waals surface area contributed by atoms with Gasteiger partial charge in [0.05, 0.1) is 39.0 Å². The molecule has 0 bridgehead atoms. The van der Waals surface area contributed by atoms with E-state index in [4.69, 9.17) is 20.0 Å². The summed E-state index contributed by atoms with van der Waals surface area (Å²) in [6, 6.07) is 53.3. The van der Waals surface area contributed by atoms with E-state index in [-0.39, 0.29) is 22.2 Å². The number of pyridine rings is 2. The molecule has 0 radical (unpaired) electrons. The van der Waals surface area contributed by atoms with Gasteiger partial charge in [-0.25, -0.2) is 9.97 Å². The Morgan fingerprint density at radius 1 is 0.426 bits per heavy atom. The van der Waals surface area contributed by atoms with Crippen molar-refractivity contribution in [1.82, 2.24) is 9.97 Å². The highest BCUT2D eigenvalue weighted by Crippen LogP contribution is 2.59. The van der Waals surface area contributed by atoms with E-state index in [0.717, 1.165) is 45.8 Å². The van der Waals surface area contributed by atoms with E-state index in [1.54, 1.807) is 0 Å². The van der Waals surface area contributed by atoms with Crippen molar-refractivity contribution in [3.05, 3.63) is 168 Å². The molecule has 4 heterocycles. The van der Waals surface area contributed by atoms with Crippen molar-refractivity contribution in [3.63, 3.8) is 0 Å². The first-order chi connectivity index (χ1) is 29.1. The second kappa shape index (κ2) is 13.3. The van der Waals surface area contributed by atoms with Crippen LogP contribution < -0.4 is 9.80 Å². The molecule has 0 amide bonds. The zero-order valence-corrected chi connectivity index (χ0v) is 37.0. The molecule has 5 aromatic carbocycles. The van der Waals surface area contributed by atoms with Gasteiger partial charge in [-0.15, -0.1) is 0 Å². The van der Waals surface area contributed by atoms with Crippen LogP contribution in [0.1, 0.15) is 91.5 Å². The SMILES string of the molecule is CC1=NC(C)(C)C(C)(C)N1c1cccc(-c2ccc3c(c2)C(c2ccccc2)(c2ccccc2)c2cc(-c4cccc(N5C(C)=NC(C)(C)C5(C)C)n4)c4ccccc4c2-3)n1. The van der Waals surface area contributed by atoms with E-state index in [1.807, 2.05) is 0 Å². The molecule has 7 aromatic rings. The van der Waals surface area contributed by atoms with Crippen LogP contribution in [-0.4, -0.2) is 43.8 Å². The van der Waals surface area contributed by atoms with Gasteiger partial charge in [-0.3, -0.25) is 9.98 Å². The fourth-order valence-corrected chi connectivity index (χ4v) is 10.6. The molecule has 0 fully saturated rings. The van der Waals surface area contributed by atoms with Crippen LogP contribution in [0.5, 0.6) is 0 Å². The molecule has 61 heavy (non-hydrogen) atoms. The van der Waals surface area contributed by atoms with Gasteiger partial charge in [0.1, 0.15) is 23.3 Å². The van der Waals surface area contributed by atoms with Crippen LogP contribution in [0.15, 0.2) is 156 Å². The maximum absolute atomic E-state index is 5.50. The number of rotatable bonds is 6. The summed E-state index contributed by atoms with van der Waals surface area (Å²) in [5.41, 5.74) is 9.74. The smallest absolute Gasteiger partial charge is 0.135 e. The fourth-order valence-electron chi connectivity index (χ4n) is 10.6. The molecule has 1 aliphatic carbocycles. The number of aliphatic imine (C=N–C) groups is 2. The Kier molecular flexibility index (Phi) is 8.45. The molecule has 3 aliphatic rings. The standard InChI is InChI=1S/C55H54N6/c1-35-58-51(3,4)53(7,8)60(35)48-29-19-27-46(56-48)37-31-32-42-44(33-37)55(38-21-13-11-14-22-38,39-23-15-12-16-24-39)45-34-43(40-25-17-18-26-41(40)50(42)45)47-28-20-30-49(57-47)61-36(2)59-52(5,6)54(61,9)10/h11-34H,1-10H3. The predicted octanol–water partition coefficient (Wildman–Crippen LogP) is 12.9. The lowest BCUT2D eigenvalue weighted by atomic mass is 9.67. The maximum Gasteiger partial charge on any atom is 0.135 e. The molecular weight excluding hydrogens is 745 g/mol. The van der Waals surface area contributed by atoms with Gasteiger partial charge in [0.15, 0.2) is 0 Å². The molecule has 304 valence electrons. The third kappa shape index (κ3) is 5.46. The Hall–Kier alpha value is -6.40. The Labute approximate surface area is 360 Å². The molecule has 0 unspecified atom stereocenters. The molecule has 10 rings (SSSR count). The highest BCUT2D eigenvalue weighted by Gasteiger charge is 2.51. The summed E-state index contributed by atoms with van der Waals surface area (Å²) in [5, 5.41) is 2.38. The number of nitrogens with zero attached hydrogens (tertiary/aromatic N) is 6. The predicted molar refractivity (Wildman–Crippen MR) is 255 cm³/mol. The number of fused-ring (bicyclic) bond motifs is 5. The Bertz CT molecular complexity index is 2920. The van der Waals surface area contributed by atoms with Crippen molar-refractivity contribution in [2.24, 2.45) is 9.98 Å². The number of hydrogen-bond donors (Lipinski definition) is 0. The third-order valence-corrected chi connectivity index (χ3v) is 14.7. The molecule has 0 saturated carbocycles. The van der Waals surface area contributed by atoms with Crippen molar-refractivity contribution in [1.29, 1.82) is 0 Å². The van der Waals surface area contributed by atoms with Crippen LogP contribution in [0, 0.1) is 0 Å². The van der Waals surface area contributed by atoms with Gasteiger partial charge >= 0.3 is 0 Å². The van der Waals surface area contributed by atoms with Crippen molar-refractivity contribution in [2.75, 3.05) is 9.80 Å².